The predicted molar refractivity (Wildman–Crippen MR) is 105 cm³/mol. The summed E-state index contributed by atoms with van der Waals surface area (Å²) in [6, 6.07) is 21.7. The molecule has 4 heteroatoms. The molecule has 3 aromatic rings. The van der Waals surface area contributed by atoms with Crippen LogP contribution in [-0.4, -0.2) is 26.2 Å². The third-order valence-electron chi connectivity index (χ3n) is 4.23. The van der Waals surface area contributed by atoms with Crippen LogP contribution in [0.3, 0.4) is 0 Å². The van der Waals surface area contributed by atoms with E-state index in [-0.39, 0.29) is 5.97 Å². The predicted octanol–water partition coefficient (Wildman–Crippen LogP) is 4.90. The van der Waals surface area contributed by atoms with Gasteiger partial charge in [-0.25, -0.2) is 4.79 Å². The van der Waals surface area contributed by atoms with Crippen molar-refractivity contribution in [2.75, 3.05) is 25.6 Å². The smallest absolute Gasteiger partial charge is 0.339 e. The highest BCUT2D eigenvalue weighted by Crippen LogP contribution is 2.25. The van der Waals surface area contributed by atoms with Crippen molar-refractivity contribution < 1.29 is 14.3 Å². The first-order chi connectivity index (χ1) is 12.8. The summed E-state index contributed by atoms with van der Waals surface area (Å²) in [6.07, 6.45) is 1.87. The van der Waals surface area contributed by atoms with Crippen molar-refractivity contribution in [2.45, 2.75) is 12.8 Å². The third kappa shape index (κ3) is 4.33. The highest BCUT2D eigenvalue weighted by Gasteiger charge is 2.10. The maximum atomic E-state index is 11.8. The van der Waals surface area contributed by atoms with E-state index >= 15 is 0 Å². The third-order valence-corrected chi connectivity index (χ3v) is 4.23. The molecule has 0 aliphatic rings. The zero-order chi connectivity index (χ0) is 18.2. The zero-order valence-electron chi connectivity index (χ0n) is 14.9. The molecule has 0 heterocycles. The van der Waals surface area contributed by atoms with Gasteiger partial charge >= 0.3 is 5.97 Å². The fraction of sp³-hybridized carbons (Fsp3) is 0.227. The number of unbranched alkanes of at least 4 members (excludes halogenated alkanes) is 1. The van der Waals surface area contributed by atoms with Crippen LogP contribution in [0.1, 0.15) is 23.2 Å². The molecule has 3 rings (SSSR count). The van der Waals surface area contributed by atoms with Gasteiger partial charge in [0, 0.05) is 17.6 Å². The first kappa shape index (κ1) is 17.8. The summed E-state index contributed by atoms with van der Waals surface area (Å²) in [6.45, 7) is 1.43. The average Bonchev–Trinajstić information content (AvgIpc) is 2.70. The number of ether oxygens (including phenoxy) is 2. The van der Waals surface area contributed by atoms with Crippen molar-refractivity contribution in [2.24, 2.45) is 0 Å². The number of rotatable bonds is 8. The molecule has 0 saturated carbocycles. The van der Waals surface area contributed by atoms with Gasteiger partial charge in [0.05, 0.1) is 19.3 Å². The minimum atomic E-state index is -0.326. The van der Waals surface area contributed by atoms with Gasteiger partial charge in [-0.15, -0.1) is 0 Å². The molecule has 0 saturated heterocycles. The Morgan fingerprint density at radius 2 is 1.69 bits per heavy atom. The summed E-state index contributed by atoms with van der Waals surface area (Å²) in [4.78, 5) is 11.8. The Bertz CT molecular complexity index is 871. The van der Waals surface area contributed by atoms with E-state index in [2.05, 4.69) is 23.5 Å². The second kappa shape index (κ2) is 8.90. The summed E-state index contributed by atoms with van der Waals surface area (Å²) in [5, 5.41) is 5.63. The molecule has 134 valence electrons. The number of carbonyl (C=O) groups excluding carboxylic acids is 1. The average molecular weight is 349 g/mol. The summed E-state index contributed by atoms with van der Waals surface area (Å²) in [7, 11) is 1.39. The molecule has 0 aliphatic carbocycles. The normalized spacial score (nSPS) is 10.5. The standard InChI is InChI=1S/C22H23NO3/c1-25-22(24)19-12-4-5-13-20(19)23-15-6-7-16-26-21-14-8-10-17-9-2-3-11-18(17)21/h2-5,8-14,23H,6-7,15-16H2,1H3. The van der Waals surface area contributed by atoms with Gasteiger partial charge in [0.15, 0.2) is 0 Å². The van der Waals surface area contributed by atoms with E-state index in [0.29, 0.717) is 12.2 Å². The first-order valence-corrected chi connectivity index (χ1v) is 8.81. The summed E-state index contributed by atoms with van der Waals surface area (Å²) < 4.78 is 10.8. The van der Waals surface area contributed by atoms with Crippen LogP contribution in [0.15, 0.2) is 66.7 Å². The van der Waals surface area contributed by atoms with E-state index in [1.165, 1.54) is 12.5 Å². The van der Waals surface area contributed by atoms with E-state index in [1.54, 1.807) is 6.07 Å². The van der Waals surface area contributed by atoms with Crippen molar-refractivity contribution >= 4 is 22.4 Å². The van der Waals surface area contributed by atoms with Gasteiger partial charge in [-0.05, 0) is 36.4 Å². The summed E-state index contributed by atoms with van der Waals surface area (Å²) >= 11 is 0. The largest absolute Gasteiger partial charge is 0.493 e. The van der Waals surface area contributed by atoms with E-state index in [0.717, 1.165) is 36.2 Å². The lowest BCUT2D eigenvalue weighted by atomic mass is 10.1. The maximum Gasteiger partial charge on any atom is 0.339 e. The van der Waals surface area contributed by atoms with Crippen molar-refractivity contribution in [1.82, 2.24) is 0 Å². The highest BCUT2D eigenvalue weighted by molar-refractivity contribution is 5.95. The molecule has 0 radical (unpaired) electrons. The molecule has 0 amide bonds. The molecule has 3 aromatic carbocycles. The van der Waals surface area contributed by atoms with Crippen LogP contribution in [0, 0.1) is 0 Å². The van der Waals surface area contributed by atoms with E-state index < -0.39 is 0 Å². The van der Waals surface area contributed by atoms with Crippen molar-refractivity contribution in [1.29, 1.82) is 0 Å². The number of benzene rings is 3. The quantitative estimate of drug-likeness (QED) is 0.464. The number of methoxy groups -OCH3 is 1. The molecule has 0 aliphatic heterocycles. The number of anilines is 1. The SMILES string of the molecule is COC(=O)c1ccccc1NCCCCOc1cccc2ccccc12. The monoisotopic (exact) mass is 349 g/mol. The minimum Gasteiger partial charge on any atom is -0.493 e. The van der Waals surface area contributed by atoms with Crippen LogP contribution in [-0.2, 0) is 4.74 Å². The highest BCUT2D eigenvalue weighted by atomic mass is 16.5. The molecular weight excluding hydrogens is 326 g/mol. The van der Waals surface area contributed by atoms with Gasteiger partial charge in [0.1, 0.15) is 5.75 Å². The summed E-state index contributed by atoms with van der Waals surface area (Å²) in [5.41, 5.74) is 1.36. The molecule has 0 aromatic heterocycles. The fourth-order valence-corrected chi connectivity index (χ4v) is 2.88. The van der Waals surface area contributed by atoms with Crippen LogP contribution in [0.2, 0.25) is 0 Å². The van der Waals surface area contributed by atoms with Gasteiger partial charge in [0.25, 0.3) is 0 Å². The van der Waals surface area contributed by atoms with E-state index in [9.17, 15) is 4.79 Å². The Morgan fingerprint density at radius 3 is 2.58 bits per heavy atom. The second-order valence-corrected chi connectivity index (χ2v) is 6.00. The van der Waals surface area contributed by atoms with Crippen LogP contribution in [0.25, 0.3) is 10.8 Å². The van der Waals surface area contributed by atoms with Crippen molar-refractivity contribution in [3.05, 3.63) is 72.3 Å². The summed E-state index contributed by atoms with van der Waals surface area (Å²) in [5.74, 6) is 0.597. The van der Waals surface area contributed by atoms with Crippen LogP contribution >= 0.6 is 0 Å². The maximum absolute atomic E-state index is 11.8. The lowest BCUT2D eigenvalue weighted by Crippen LogP contribution is -2.10. The number of para-hydroxylation sites is 1. The molecule has 0 atom stereocenters. The number of esters is 1. The molecule has 0 bridgehead atoms. The van der Waals surface area contributed by atoms with Gasteiger partial charge in [-0.2, -0.15) is 0 Å². The molecule has 4 nitrogen and oxygen atoms in total. The Balaban J connectivity index is 1.46. The topological polar surface area (TPSA) is 47.6 Å². The second-order valence-electron chi connectivity index (χ2n) is 6.00. The Labute approximate surface area is 153 Å². The van der Waals surface area contributed by atoms with Gasteiger partial charge < -0.3 is 14.8 Å². The fourth-order valence-electron chi connectivity index (χ4n) is 2.88. The number of fused-ring (bicyclic) bond motifs is 1. The van der Waals surface area contributed by atoms with Crippen molar-refractivity contribution in [3.8, 4) is 5.75 Å². The molecule has 1 N–H and O–H groups in total. The van der Waals surface area contributed by atoms with Crippen LogP contribution < -0.4 is 10.1 Å². The Morgan fingerprint density at radius 1 is 0.923 bits per heavy atom. The minimum absolute atomic E-state index is 0.326. The van der Waals surface area contributed by atoms with Gasteiger partial charge in [-0.1, -0.05) is 48.5 Å². The number of carbonyl (C=O) groups is 1. The molecule has 26 heavy (non-hydrogen) atoms. The van der Waals surface area contributed by atoms with Crippen LogP contribution in [0.4, 0.5) is 5.69 Å². The van der Waals surface area contributed by atoms with Gasteiger partial charge in [-0.3, -0.25) is 0 Å². The number of nitrogens with one attached hydrogen (secondary N) is 1. The molecule has 0 spiro atoms. The number of hydrogen-bond donors (Lipinski definition) is 1. The lowest BCUT2D eigenvalue weighted by Gasteiger charge is -2.11. The first-order valence-electron chi connectivity index (χ1n) is 8.81. The molecule has 0 fully saturated rings. The van der Waals surface area contributed by atoms with Gasteiger partial charge in [0.2, 0.25) is 0 Å². The van der Waals surface area contributed by atoms with E-state index in [4.69, 9.17) is 9.47 Å². The molecule has 0 unspecified atom stereocenters. The van der Waals surface area contributed by atoms with Crippen LogP contribution in [0.5, 0.6) is 5.75 Å². The molecular formula is C22H23NO3. The zero-order valence-corrected chi connectivity index (χ0v) is 14.9. The number of hydrogen-bond acceptors (Lipinski definition) is 4. The Hall–Kier alpha value is -3.01. The Kier molecular flexibility index (Phi) is 6.09. The lowest BCUT2D eigenvalue weighted by molar-refractivity contribution is 0.0602. The van der Waals surface area contributed by atoms with E-state index in [1.807, 2.05) is 42.5 Å². The van der Waals surface area contributed by atoms with Crippen molar-refractivity contribution in [3.63, 3.8) is 0 Å².